The molecule has 0 fully saturated rings. The van der Waals surface area contributed by atoms with Gasteiger partial charge in [0.2, 0.25) is 0 Å². The van der Waals surface area contributed by atoms with E-state index in [4.69, 9.17) is 0 Å². The van der Waals surface area contributed by atoms with Crippen LogP contribution in [0.1, 0.15) is 30.4 Å². The average molecular weight is 319 g/mol. The van der Waals surface area contributed by atoms with E-state index in [1.807, 2.05) is 33.3 Å². The molecule has 2 aromatic carbocycles. The third-order valence-corrected chi connectivity index (χ3v) is 4.12. The highest BCUT2D eigenvalue weighted by atomic mass is 14.8. The van der Waals surface area contributed by atoms with Gasteiger partial charge in [-0.3, -0.25) is 15.0 Å². The van der Waals surface area contributed by atoms with Crippen LogP contribution in [0.15, 0.2) is 75.6 Å². The van der Waals surface area contributed by atoms with Crippen LogP contribution in [0.3, 0.4) is 0 Å². The first kappa shape index (κ1) is 17.8. The molecule has 24 heavy (non-hydrogen) atoms. The van der Waals surface area contributed by atoms with Gasteiger partial charge in [0, 0.05) is 21.1 Å². The largest absolute Gasteiger partial charge is 0.291 e. The van der Waals surface area contributed by atoms with Gasteiger partial charge in [0.1, 0.15) is 5.71 Å². The maximum Gasteiger partial charge on any atom is 0.100 e. The third-order valence-electron chi connectivity index (χ3n) is 4.12. The monoisotopic (exact) mass is 319 g/mol. The quantitative estimate of drug-likeness (QED) is 0.706. The minimum absolute atomic E-state index is 0.0411. The Bertz CT molecular complexity index is 689. The first-order valence-corrected chi connectivity index (χ1v) is 8.26. The lowest BCUT2D eigenvalue weighted by molar-refractivity contribution is 1.08. The van der Waals surface area contributed by atoms with Crippen molar-refractivity contribution < 1.29 is 0 Å². The van der Waals surface area contributed by atoms with Crippen LogP contribution in [0.2, 0.25) is 0 Å². The van der Waals surface area contributed by atoms with Crippen LogP contribution in [-0.2, 0) is 0 Å². The van der Waals surface area contributed by atoms with Crippen molar-refractivity contribution in [3.8, 4) is 0 Å². The van der Waals surface area contributed by atoms with Crippen molar-refractivity contribution in [3.63, 3.8) is 0 Å². The van der Waals surface area contributed by atoms with Crippen molar-refractivity contribution in [2.45, 2.75) is 19.3 Å². The summed E-state index contributed by atoms with van der Waals surface area (Å²) in [5.41, 5.74) is 5.24. The Labute approximate surface area is 144 Å². The fraction of sp³-hybridized carbons (Fsp3) is 0.286. The lowest BCUT2D eigenvalue weighted by Crippen LogP contribution is -2.30. The molecule has 0 heterocycles. The zero-order valence-corrected chi connectivity index (χ0v) is 14.9. The molecule has 124 valence electrons. The van der Waals surface area contributed by atoms with Gasteiger partial charge in [-0.05, 0) is 17.5 Å². The summed E-state index contributed by atoms with van der Waals surface area (Å²) in [6.07, 6.45) is 0.832. The lowest BCUT2D eigenvalue weighted by Gasteiger charge is -2.22. The van der Waals surface area contributed by atoms with E-state index in [2.05, 4.69) is 70.4 Å². The molecule has 0 amide bonds. The van der Waals surface area contributed by atoms with E-state index in [0.717, 1.165) is 23.6 Å². The molecule has 3 heteroatoms. The topological polar surface area (TPSA) is 37.1 Å². The number of aliphatic imine (C=N–C) groups is 3. The average Bonchev–Trinajstić information content (AvgIpc) is 2.66. The molecule has 0 unspecified atom stereocenters. The van der Waals surface area contributed by atoms with Gasteiger partial charge in [0.25, 0.3) is 0 Å². The minimum Gasteiger partial charge on any atom is -0.291 e. The predicted octanol–water partition coefficient (Wildman–Crippen LogP) is 4.44. The van der Waals surface area contributed by atoms with E-state index in [9.17, 15) is 0 Å². The second kappa shape index (κ2) is 8.92. The molecule has 2 aromatic rings. The van der Waals surface area contributed by atoms with Gasteiger partial charge in [0.05, 0.1) is 17.3 Å². The standard InChI is InChI=1S/C21H25N3/c1-5-18(22-2)20(23-3)21(24-4)19(16-12-8-6-9-13-16)17-14-10-7-11-15-17/h6-15,19H,5H2,1-4H3. The third kappa shape index (κ3) is 3.85. The van der Waals surface area contributed by atoms with Gasteiger partial charge >= 0.3 is 0 Å². The molecule has 0 N–H and O–H groups in total. The van der Waals surface area contributed by atoms with Crippen LogP contribution < -0.4 is 0 Å². The first-order valence-electron chi connectivity index (χ1n) is 8.26. The zero-order valence-electron chi connectivity index (χ0n) is 14.9. The fourth-order valence-corrected chi connectivity index (χ4v) is 2.99. The molecule has 0 radical (unpaired) electrons. The summed E-state index contributed by atoms with van der Waals surface area (Å²) in [6, 6.07) is 20.9. The number of nitrogens with zero attached hydrogens (tertiary/aromatic N) is 3. The van der Waals surface area contributed by atoms with Gasteiger partial charge < -0.3 is 0 Å². The Kier molecular flexibility index (Phi) is 6.62. The SMILES string of the molecule is CCC(=NC)C(=NC)C(=NC)C(c1ccccc1)c1ccccc1. The van der Waals surface area contributed by atoms with Crippen LogP contribution in [0.4, 0.5) is 0 Å². The maximum atomic E-state index is 4.63. The number of benzene rings is 2. The fourth-order valence-electron chi connectivity index (χ4n) is 2.99. The maximum absolute atomic E-state index is 4.63. The number of rotatable bonds is 6. The molecular formula is C21H25N3. The van der Waals surface area contributed by atoms with E-state index >= 15 is 0 Å². The van der Waals surface area contributed by atoms with Crippen LogP contribution in [-0.4, -0.2) is 38.3 Å². The second-order valence-corrected chi connectivity index (χ2v) is 5.46. The second-order valence-electron chi connectivity index (χ2n) is 5.46. The van der Waals surface area contributed by atoms with Crippen LogP contribution >= 0.6 is 0 Å². The first-order chi connectivity index (χ1) is 11.8. The Morgan fingerprint density at radius 1 is 0.750 bits per heavy atom. The van der Waals surface area contributed by atoms with Crippen molar-refractivity contribution in [2.75, 3.05) is 21.1 Å². The van der Waals surface area contributed by atoms with Crippen LogP contribution in [0.25, 0.3) is 0 Å². The van der Waals surface area contributed by atoms with E-state index in [1.165, 1.54) is 11.1 Å². The summed E-state index contributed by atoms with van der Waals surface area (Å²) in [4.78, 5) is 13.6. The van der Waals surface area contributed by atoms with Gasteiger partial charge in [-0.25, -0.2) is 0 Å². The smallest absolute Gasteiger partial charge is 0.100 e. The molecular weight excluding hydrogens is 294 g/mol. The molecule has 2 rings (SSSR count). The number of hydrogen-bond donors (Lipinski definition) is 0. The highest BCUT2D eigenvalue weighted by molar-refractivity contribution is 6.69. The van der Waals surface area contributed by atoms with Gasteiger partial charge in [-0.2, -0.15) is 0 Å². The Hall–Kier alpha value is -2.55. The van der Waals surface area contributed by atoms with Crippen LogP contribution in [0.5, 0.6) is 0 Å². The molecule has 3 nitrogen and oxygen atoms in total. The molecule has 0 aliphatic carbocycles. The summed E-state index contributed by atoms with van der Waals surface area (Å²) in [5.74, 6) is 0.0411. The van der Waals surface area contributed by atoms with Gasteiger partial charge in [-0.1, -0.05) is 67.6 Å². The Balaban J connectivity index is 2.62. The minimum atomic E-state index is 0.0411. The highest BCUT2D eigenvalue weighted by Crippen LogP contribution is 2.27. The normalized spacial score (nSPS) is 13.5. The van der Waals surface area contributed by atoms with E-state index in [0.29, 0.717) is 0 Å². The molecule has 0 saturated carbocycles. The molecule has 0 saturated heterocycles. The molecule has 0 aromatic heterocycles. The summed E-state index contributed by atoms with van der Waals surface area (Å²) >= 11 is 0. The zero-order chi connectivity index (χ0) is 17.4. The molecule has 0 spiro atoms. The lowest BCUT2D eigenvalue weighted by atomic mass is 9.83. The van der Waals surface area contributed by atoms with Gasteiger partial charge in [0.15, 0.2) is 0 Å². The molecule has 0 bridgehead atoms. The van der Waals surface area contributed by atoms with Gasteiger partial charge in [-0.15, -0.1) is 0 Å². The molecule has 0 aliphatic rings. The van der Waals surface area contributed by atoms with E-state index < -0.39 is 0 Å². The molecule has 0 aliphatic heterocycles. The van der Waals surface area contributed by atoms with Crippen molar-refractivity contribution in [3.05, 3.63) is 71.8 Å². The Morgan fingerprint density at radius 2 is 1.25 bits per heavy atom. The van der Waals surface area contributed by atoms with Crippen molar-refractivity contribution in [1.29, 1.82) is 0 Å². The van der Waals surface area contributed by atoms with E-state index in [1.54, 1.807) is 0 Å². The summed E-state index contributed by atoms with van der Waals surface area (Å²) in [7, 11) is 5.47. The summed E-state index contributed by atoms with van der Waals surface area (Å²) in [5, 5.41) is 0. The van der Waals surface area contributed by atoms with Crippen molar-refractivity contribution in [1.82, 2.24) is 0 Å². The van der Waals surface area contributed by atoms with Crippen molar-refractivity contribution >= 4 is 17.1 Å². The predicted molar refractivity (Wildman–Crippen MR) is 105 cm³/mol. The summed E-state index contributed by atoms with van der Waals surface area (Å²) in [6.45, 7) is 2.10. The van der Waals surface area contributed by atoms with Crippen molar-refractivity contribution in [2.24, 2.45) is 15.0 Å². The van der Waals surface area contributed by atoms with Crippen LogP contribution in [0, 0.1) is 0 Å². The van der Waals surface area contributed by atoms with E-state index in [-0.39, 0.29) is 5.92 Å². The summed E-state index contributed by atoms with van der Waals surface area (Å²) < 4.78 is 0. The number of hydrogen-bond acceptors (Lipinski definition) is 3. The Morgan fingerprint density at radius 3 is 1.58 bits per heavy atom. The molecule has 0 atom stereocenters. The highest BCUT2D eigenvalue weighted by Gasteiger charge is 2.25.